The van der Waals surface area contributed by atoms with E-state index in [-0.39, 0.29) is 23.1 Å². The van der Waals surface area contributed by atoms with E-state index in [0.29, 0.717) is 30.0 Å². The first-order chi connectivity index (χ1) is 17.0. The van der Waals surface area contributed by atoms with E-state index in [1.807, 2.05) is 31.2 Å². The van der Waals surface area contributed by atoms with Gasteiger partial charge < -0.3 is 19.5 Å². The van der Waals surface area contributed by atoms with Gasteiger partial charge in [0.1, 0.15) is 23.1 Å². The van der Waals surface area contributed by atoms with Crippen LogP contribution in [0.3, 0.4) is 0 Å². The van der Waals surface area contributed by atoms with Crippen LogP contribution < -0.4 is 14.4 Å². The van der Waals surface area contributed by atoms with Crippen LogP contribution in [0.2, 0.25) is 0 Å². The highest BCUT2D eigenvalue weighted by Gasteiger charge is 2.32. The van der Waals surface area contributed by atoms with Crippen molar-refractivity contribution in [3.05, 3.63) is 88.9 Å². The van der Waals surface area contributed by atoms with E-state index in [2.05, 4.69) is 9.80 Å². The van der Waals surface area contributed by atoms with Gasteiger partial charge in [-0.2, -0.15) is 0 Å². The Morgan fingerprint density at radius 3 is 2.40 bits per heavy atom. The summed E-state index contributed by atoms with van der Waals surface area (Å²) in [4.78, 5) is 17.4. The molecule has 5 rings (SSSR count). The van der Waals surface area contributed by atoms with Crippen LogP contribution in [0.15, 0.2) is 66.4 Å². The number of anilines is 1. The van der Waals surface area contributed by atoms with Crippen molar-refractivity contribution in [2.45, 2.75) is 13.5 Å². The van der Waals surface area contributed by atoms with Crippen LogP contribution in [0.1, 0.15) is 28.4 Å². The second-order valence-electron chi connectivity index (χ2n) is 8.62. The van der Waals surface area contributed by atoms with E-state index >= 15 is 0 Å². The molecule has 2 aliphatic heterocycles. The summed E-state index contributed by atoms with van der Waals surface area (Å²) in [5, 5.41) is 10.6. The number of Topliss-reactive ketones (excluding diaryl/α,β-unsaturated/α-hetero) is 1. The molecule has 3 aromatic carbocycles. The lowest BCUT2D eigenvalue weighted by Crippen LogP contribution is -2.46. The highest BCUT2D eigenvalue weighted by Crippen LogP contribution is 2.40. The van der Waals surface area contributed by atoms with Crippen molar-refractivity contribution in [2.75, 3.05) is 37.7 Å². The molecule has 180 valence electrons. The number of phenols is 1. The molecule has 1 N–H and O–H groups in total. The fourth-order valence-electron chi connectivity index (χ4n) is 4.47. The van der Waals surface area contributed by atoms with Gasteiger partial charge in [0.15, 0.2) is 5.76 Å². The van der Waals surface area contributed by atoms with Gasteiger partial charge in [-0.25, -0.2) is 4.39 Å². The summed E-state index contributed by atoms with van der Waals surface area (Å²) < 4.78 is 24.7. The number of phenolic OH excluding ortho intramolecular Hbond substituents is 1. The number of ketones is 1. The first-order valence-electron chi connectivity index (χ1n) is 11.8. The maximum Gasteiger partial charge on any atom is 0.231 e. The Kier molecular flexibility index (Phi) is 6.42. The molecule has 7 heteroatoms. The van der Waals surface area contributed by atoms with E-state index in [0.717, 1.165) is 43.2 Å². The smallest absolute Gasteiger partial charge is 0.231 e. The lowest BCUT2D eigenvalue weighted by atomic mass is 10.0. The number of hydrogen-bond acceptors (Lipinski definition) is 6. The van der Waals surface area contributed by atoms with Crippen LogP contribution in [-0.2, 0) is 6.54 Å². The van der Waals surface area contributed by atoms with Crippen molar-refractivity contribution in [2.24, 2.45) is 0 Å². The number of piperazine rings is 1. The Morgan fingerprint density at radius 2 is 1.71 bits per heavy atom. The molecule has 0 amide bonds. The molecule has 0 aromatic heterocycles. The van der Waals surface area contributed by atoms with Crippen molar-refractivity contribution >= 4 is 17.5 Å². The molecule has 0 saturated carbocycles. The minimum Gasteiger partial charge on any atom is -0.507 e. The molecule has 3 aromatic rings. The quantitative estimate of drug-likeness (QED) is 0.515. The zero-order valence-corrected chi connectivity index (χ0v) is 19.5. The van der Waals surface area contributed by atoms with Crippen molar-refractivity contribution in [3.63, 3.8) is 0 Å². The third-order valence-electron chi connectivity index (χ3n) is 6.35. The number of halogens is 1. The second kappa shape index (κ2) is 9.80. The fourth-order valence-corrected chi connectivity index (χ4v) is 4.47. The molecule has 6 nitrogen and oxygen atoms in total. The van der Waals surface area contributed by atoms with Crippen molar-refractivity contribution < 1.29 is 23.8 Å². The first kappa shape index (κ1) is 22.9. The number of nitrogens with zero attached hydrogens (tertiary/aromatic N) is 2. The third kappa shape index (κ3) is 4.86. The number of rotatable bonds is 6. The van der Waals surface area contributed by atoms with Gasteiger partial charge in [-0.05, 0) is 67.1 Å². The van der Waals surface area contributed by atoms with E-state index < -0.39 is 0 Å². The molecular weight excluding hydrogens is 447 g/mol. The number of fused-ring (bicyclic) bond motifs is 1. The van der Waals surface area contributed by atoms with Crippen LogP contribution in [0.5, 0.6) is 17.2 Å². The van der Waals surface area contributed by atoms with E-state index in [4.69, 9.17) is 9.47 Å². The maximum atomic E-state index is 13.2. The summed E-state index contributed by atoms with van der Waals surface area (Å²) >= 11 is 0. The molecule has 0 radical (unpaired) electrons. The average Bonchev–Trinajstić information content (AvgIpc) is 3.18. The SMILES string of the molecule is CCOc1ccc(/C=C2\Oc3c(ccc(O)c3CN3CCN(c4ccc(F)cc4)CC3)C2=O)cc1. The molecule has 0 bridgehead atoms. The van der Waals surface area contributed by atoms with Crippen molar-refractivity contribution in [1.82, 2.24) is 4.90 Å². The molecule has 2 aliphatic rings. The van der Waals surface area contributed by atoms with Crippen LogP contribution in [0.25, 0.3) is 6.08 Å². The summed E-state index contributed by atoms with van der Waals surface area (Å²) in [7, 11) is 0. The average molecular weight is 475 g/mol. The normalized spacial score (nSPS) is 16.9. The highest BCUT2D eigenvalue weighted by atomic mass is 19.1. The number of benzene rings is 3. The van der Waals surface area contributed by atoms with Gasteiger partial charge in [0.25, 0.3) is 0 Å². The molecule has 1 fully saturated rings. The molecular formula is C28H27FN2O4. The summed E-state index contributed by atoms with van der Waals surface area (Å²) in [5.74, 6) is 1.09. The third-order valence-corrected chi connectivity index (χ3v) is 6.35. The highest BCUT2D eigenvalue weighted by molar-refractivity contribution is 6.15. The van der Waals surface area contributed by atoms with Crippen LogP contribution >= 0.6 is 0 Å². The van der Waals surface area contributed by atoms with Gasteiger partial charge >= 0.3 is 0 Å². The zero-order valence-electron chi connectivity index (χ0n) is 19.5. The van der Waals surface area contributed by atoms with E-state index in [1.54, 1.807) is 30.3 Å². The topological polar surface area (TPSA) is 62.2 Å². The van der Waals surface area contributed by atoms with Crippen LogP contribution in [0.4, 0.5) is 10.1 Å². The molecule has 0 spiro atoms. The predicted octanol–water partition coefficient (Wildman–Crippen LogP) is 4.87. The van der Waals surface area contributed by atoms with Gasteiger partial charge in [0, 0.05) is 38.4 Å². The second-order valence-corrected chi connectivity index (χ2v) is 8.62. The van der Waals surface area contributed by atoms with Gasteiger partial charge in [-0.15, -0.1) is 0 Å². The number of hydrogen-bond donors (Lipinski definition) is 1. The van der Waals surface area contributed by atoms with Crippen molar-refractivity contribution in [1.29, 1.82) is 0 Å². The minimum absolute atomic E-state index is 0.111. The molecule has 0 aliphatic carbocycles. The molecule has 0 unspecified atom stereocenters. The van der Waals surface area contributed by atoms with Crippen LogP contribution in [0, 0.1) is 5.82 Å². The van der Waals surface area contributed by atoms with Gasteiger partial charge in [0.05, 0.1) is 17.7 Å². The minimum atomic E-state index is -0.244. The molecule has 35 heavy (non-hydrogen) atoms. The molecule has 1 saturated heterocycles. The summed E-state index contributed by atoms with van der Waals surface area (Å²) in [5.41, 5.74) is 2.89. The Bertz CT molecular complexity index is 1250. The maximum absolute atomic E-state index is 13.2. The Hall–Kier alpha value is -3.84. The van der Waals surface area contributed by atoms with Crippen LogP contribution in [-0.4, -0.2) is 48.6 Å². The lowest BCUT2D eigenvalue weighted by molar-refractivity contribution is 0.101. The first-order valence-corrected chi connectivity index (χ1v) is 11.8. The fraction of sp³-hybridized carbons (Fsp3) is 0.250. The predicted molar refractivity (Wildman–Crippen MR) is 133 cm³/mol. The van der Waals surface area contributed by atoms with E-state index in [9.17, 15) is 14.3 Å². The molecule has 0 atom stereocenters. The summed E-state index contributed by atoms with van der Waals surface area (Å²) in [6, 6.07) is 17.1. The summed E-state index contributed by atoms with van der Waals surface area (Å²) in [6.45, 7) is 6.08. The Morgan fingerprint density at radius 1 is 1.00 bits per heavy atom. The van der Waals surface area contributed by atoms with E-state index in [1.165, 1.54) is 12.1 Å². The molecule has 2 heterocycles. The summed E-state index contributed by atoms with van der Waals surface area (Å²) in [6.07, 6.45) is 1.71. The van der Waals surface area contributed by atoms with Gasteiger partial charge in [0.2, 0.25) is 5.78 Å². The Labute approximate surface area is 203 Å². The Balaban J connectivity index is 1.30. The number of aromatic hydroxyl groups is 1. The number of carbonyl (C=O) groups is 1. The standard InChI is InChI=1S/C28H27FN2O4/c1-2-34-22-9-3-19(4-10-22)17-26-27(33)23-11-12-25(32)24(28(23)35-26)18-30-13-15-31(16-14-30)21-7-5-20(29)6-8-21/h3-12,17,32H,2,13-16,18H2,1H3/b26-17-. The monoisotopic (exact) mass is 474 g/mol. The van der Waals surface area contributed by atoms with Gasteiger partial charge in [-0.3, -0.25) is 9.69 Å². The zero-order chi connectivity index (χ0) is 24.4. The number of allylic oxidation sites excluding steroid dienone is 1. The number of carbonyl (C=O) groups excluding carboxylic acids is 1. The number of ether oxygens (including phenoxy) is 2. The largest absolute Gasteiger partial charge is 0.507 e. The lowest BCUT2D eigenvalue weighted by Gasteiger charge is -2.36. The van der Waals surface area contributed by atoms with Crippen molar-refractivity contribution in [3.8, 4) is 17.2 Å². The van der Waals surface area contributed by atoms with Gasteiger partial charge in [-0.1, -0.05) is 12.1 Å².